The van der Waals surface area contributed by atoms with Crippen LogP contribution >= 0.6 is 0 Å². The average molecular weight is 193 g/mol. The second kappa shape index (κ2) is 4.17. The Morgan fingerprint density at radius 2 is 2.14 bits per heavy atom. The Kier molecular flexibility index (Phi) is 3.17. The van der Waals surface area contributed by atoms with Gasteiger partial charge in [-0.05, 0) is 12.3 Å². The van der Waals surface area contributed by atoms with Crippen molar-refractivity contribution in [2.45, 2.75) is 27.2 Å². The summed E-state index contributed by atoms with van der Waals surface area (Å²) in [6, 6.07) is 1.71. The zero-order chi connectivity index (χ0) is 10.7. The van der Waals surface area contributed by atoms with E-state index in [0.717, 1.165) is 12.1 Å². The van der Waals surface area contributed by atoms with E-state index in [1.165, 1.54) is 6.92 Å². The van der Waals surface area contributed by atoms with Gasteiger partial charge >= 0.3 is 0 Å². The van der Waals surface area contributed by atoms with Crippen molar-refractivity contribution in [2.24, 2.45) is 5.92 Å². The van der Waals surface area contributed by atoms with Crippen LogP contribution in [0.4, 0.5) is 5.82 Å². The molecule has 2 N–H and O–H groups in total. The Labute approximate surface area is 83.6 Å². The van der Waals surface area contributed by atoms with Gasteiger partial charge in [0.25, 0.3) is 0 Å². The number of hydrogen-bond donors (Lipinski definition) is 1. The topological polar surface area (TPSA) is 68.9 Å². The summed E-state index contributed by atoms with van der Waals surface area (Å²) in [5.74, 6) is 0.910. The van der Waals surface area contributed by atoms with Crippen LogP contribution in [0, 0.1) is 5.92 Å². The molecule has 0 amide bonds. The molecule has 1 rings (SSSR count). The standard InChI is InChI=1S/C10H15N3O/c1-6(2)4-8-5-9(11)13-10(12-8)7(3)14/h5-6H,4H2,1-3H3,(H2,11,12,13). The molecule has 0 bridgehead atoms. The van der Waals surface area contributed by atoms with Gasteiger partial charge in [-0.2, -0.15) is 0 Å². The van der Waals surface area contributed by atoms with E-state index < -0.39 is 0 Å². The fourth-order valence-electron chi connectivity index (χ4n) is 1.20. The fourth-order valence-corrected chi connectivity index (χ4v) is 1.20. The summed E-state index contributed by atoms with van der Waals surface area (Å²) in [5, 5.41) is 0. The van der Waals surface area contributed by atoms with Crippen LogP contribution < -0.4 is 5.73 Å². The summed E-state index contributed by atoms with van der Waals surface area (Å²) in [6.07, 6.45) is 0.812. The Morgan fingerprint density at radius 1 is 1.50 bits per heavy atom. The van der Waals surface area contributed by atoms with Crippen molar-refractivity contribution < 1.29 is 4.79 Å². The SMILES string of the molecule is CC(=O)c1nc(N)cc(CC(C)C)n1. The van der Waals surface area contributed by atoms with Gasteiger partial charge < -0.3 is 5.73 Å². The summed E-state index contributed by atoms with van der Waals surface area (Å²) in [7, 11) is 0. The maximum atomic E-state index is 11.1. The number of Topliss-reactive ketones (excluding diaryl/α,β-unsaturated/α-hetero) is 1. The predicted octanol–water partition coefficient (Wildman–Crippen LogP) is 1.46. The Morgan fingerprint density at radius 3 is 2.64 bits per heavy atom. The molecule has 0 saturated carbocycles. The van der Waals surface area contributed by atoms with Crippen LogP contribution in [-0.2, 0) is 6.42 Å². The number of anilines is 1. The van der Waals surface area contributed by atoms with Crippen LogP contribution in [-0.4, -0.2) is 15.8 Å². The maximum Gasteiger partial charge on any atom is 0.197 e. The third kappa shape index (κ3) is 2.80. The summed E-state index contributed by atoms with van der Waals surface area (Å²) in [4.78, 5) is 19.0. The molecule has 0 aromatic carbocycles. The molecule has 14 heavy (non-hydrogen) atoms. The lowest BCUT2D eigenvalue weighted by Crippen LogP contribution is -2.08. The van der Waals surface area contributed by atoms with Gasteiger partial charge in [0.2, 0.25) is 0 Å². The van der Waals surface area contributed by atoms with Gasteiger partial charge in [0.05, 0.1) is 0 Å². The number of rotatable bonds is 3. The van der Waals surface area contributed by atoms with Crippen molar-refractivity contribution in [3.05, 3.63) is 17.6 Å². The van der Waals surface area contributed by atoms with E-state index in [9.17, 15) is 4.79 Å². The highest BCUT2D eigenvalue weighted by Gasteiger charge is 2.07. The summed E-state index contributed by atoms with van der Waals surface area (Å²) < 4.78 is 0. The summed E-state index contributed by atoms with van der Waals surface area (Å²) in [6.45, 7) is 5.62. The van der Waals surface area contributed by atoms with E-state index in [1.807, 2.05) is 0 Å². The van der Waals surface area contributed by atoms with E-state index in [0.29, 0.717) is 11.7 Å². The average Bonchev–Trinajstić information content (AvgIpc) is 2.01. The molecule has 4 heteroatoms. The van der Waals surface area contributed by atoms with Gasteiger partial charge in [-0.1, -0.05) is 13.8 Å². The van der Waals surface area contributed by atoms with Crippen molar-refractivity contribution in [3.63, 3.8) is 0 Å². The van der Waals surface area contributed by atoms with E-state index in [4.69, 9.17) is 5.73 Å². The Hall–Kier alpha value is -1.45. The highest BCUT2D eigenvalue weighted by Crippen LogP contribution is 2.09. The third-order valence-corrected chi connectivity index (χ3v) is 1.73. The molecule has 0 unspecified atom stereocenters. The van der Waals surface area contributed by atoms with Crippen LogP contribution in [0.5, 0.6) is 0 Å². The lowest BCUT2D eigenvalue weighted by atomic mass is 10.1. The second-order valence-corrected chi connectivity index (χ2v) is 3.76. The predicted molar refractivity (Wildman–Crippen MR) is 55.0 cm³/mol. The van der Waals surface area contributed by atoms with Crippen LogP contribution in [0.3, 0.4) is 0 Å². The molecule has 0 saturated heterocycles. The van der Waals surface area contributed by atoms with Crippen molar-refractivity contribution in [1.29, 1.82) is 0 Å². The molecule has 0 fully saturated rings. The van der Waals surface area contributed by atoms with Gasteiger partial charge in [0, 0.05) is 18.7 Å². The quantitative estimate of drug-likeness (QED) is 0.738. The van der Waals surface area contributed by atoms with Crippen LogP contribution in [0.15, 0.2) is 6.07 Å². The first-order chi connectivity index (χ1) is 6.49. The molecule has 0 aliphatic carbocycles. The minimum Gasteiger partial charge on any atom is -0.384 e. The number of nitrogens with two attached hydrogens (primary N) is 1. The zero-order valence-corrected chi connectivity index (χ0v) is 8.74. The molecule has 1 aromatic rings. The molecule has 1 aromatic heterocycles. The van der Waals surface area contributed by atoms with Crippen molar-refractivity contribution in [1.82, 2.24) is 9.97 Å². The van der Waals surface area contributed by atoms with Gasteiger partial charge in [0.1, 0.15) is 5.82 Å². The number of nitrogen functional groups attached to an aromatic ring is 1. The van der Waals surface area contributed by atoms with E-state index in [-0.39, 0.29) is 11.6 Å². The summed E-state index contributed by atoms with van der Waals surface area (Å²) in [5.41, 5.74) is 6.40. The molecule has 0 aliphatic rings. The van der Waals surface area contributed by atoms with Crippen molar-refractivity contribution in [2.75, 3.05) is 5.73 Å². The Bertz CT molecular complexity index is 347. The van der Waals surface area contributed by atoms with Crippen LogP contribution in [0.25, 0.3) is 0 Å². The highest BCUT2D eigenvalue weighted by molar-refractivity contribution is 5.90. The molecule has 4 nitrogen and oxygen atoms in total. The van der Waals surface area contributed by atoms with E-state index >= 15 is 0 Å². The largest absolute Gasteiger partial charge is 0.384 e. The van der Waals surface area contributed by atoms with Gasteiger partial charge in [-0.3, -0.25) is 4.79 Å². The summed E-state index contributed by atoms with van der Waals surface area (Å²) >= 11 is 0. The second-order valence-electron chi connectivity index (χ2n) is 3.76. The van der Waals surface area contributed by atoms with E-state index in [2.05, 4.69) is 23.8 Å². The minimum absolute atomic E-state index is 0.151. The normalized spacial score (nSPS) is 10.6. The van der Waals surface area contributed by atoms with Gasteiger partial charge in [-0.15, -0.1) is 0 Å². The van der Waals surface area contributed by atoms with Crippen molar-refractivity contribution in [3.8, 4) is 0 Å². The van der Waals surface area contributed by atoms with Crippen LogP contribution in [0.1, 0.15) is 37.1 Å². The molecule has 0 aliphatic heterocycles. The Balaban J connectivity index is 3.01. The smallest absolute Gasteiger partial charge is 0.197 e. The first-order valence-corrected chi connectivity index (χ1v) is 4.63. The first-order valence-electron chi connectivity index (χ1n) is 4.63. The molecule has 1 heterocycles. The number of ketones is 1. The molecular weight excluding hydrogens is 178 g/mol. The minimum atomic E-state index is -0.151. The molecule has 0 spiro atoms. The number of hydrogen-bond acceptors (Lipinski definition) is 4. The first kappa shape index (κ1) is 10.6. The molecule has 0 atom stereocenters. The monoisotopic (exact) mass is 193 g/mol. The number of carbonyl (C=O) groups excluding carboxylic acids is 1. The lowest BCUT2D eigenvalue weighted by molar-refractivity contribution is 0.100. The number of carbonyl (C=O) groups is 1. The van der Waals surface area contributed by atoms with Crippen molar-refractivity contribution >= 4 is 11.6 Å². The molecule has 0 radical (unpaired) electrons. The maximum absolute atomic E-state index is 11.1. The molecule has 76 valence electrons. The van der Waals surface area contributed by atoms with E-state index in [1.54, 1.807) is 6.07 Å². The number of aromatic nitrogens is 2. The molecular formula is C10H15N3O. The van der Waals surface area contributed by atoms with Gasteiger partial charge in [0.15, 0.2) is 11.6 Å². The lowest BCUT2D eigenvalue weighted by Gasteiger charge is -2.05. The fraction of sp³-hybridized carbons (Fsp3) is 0.500. The van der Waals surface area contributed by atoms with Gasteiger partial charge in [-0.25, -0.2) is 9.97 Å². The highest BCUT2D eigenvalue weighted by atomic mass is 16.1. The number of nitrogens with zero attached hydrogens (tertiary/aromatic N) is 2. The van der Waals surface area contributed by atoms with Crippen LogP contribution in [0.2, 0.25) is 0 Å². The third-order valence-electron chi connectivity index (χ3n) is 1.73. The zero-order valence-electron chi connectivity index (χ0n) is 8.74.